The molecular formula is C16H17N3S. The average Bonchev–Trinajstić information content (AvgIpc) is 2.95. The molecule has 0 saturated heterocycles. The average molecular weight is 283 g/mol. The first-order valence-corrected chi connectivity index (χ1v) is 7.66. The predicted octanol–water partition coefficient (Wildman–Crippen LogP) is 3.54. The van der Waals surface area contributed by atoms with Crippen molar-refractivity contribution in [2.75, 3.05) is 0 Å². The van der Waals surface area contributed by atoms with Gasteiger partial charge in [0.05, 0.1) is 11.2 Å². The Balaban J connectivity index is 1.62. The van der Waals surface area contributed by atoms with Gasteiger partial charge in [-0.05, 0) is 18.6 Å². The van der Waals surface area contributed by atoms with E-state index in [0.29, 0.717) is 0 Å². The molecule has 4 heteroatoms. The fraction of sp³-hybridized carbons (Fsp3) is 0.250. The van der Waals surface area contributed by atoms with Gasteiger partial charge in [0, 0.05) is 29.5 Å². The van der Waals surface area contributed by atoms with E-state index in [9.17, 15) is 0 Å². The maximum Gasteiger partial charge on any atom is 0.107 e. The number of hydrogen-bond donors (Lipinski definition) is 1. The first kappa shape index (κ1) is 13.2. The molecule has 0 radical (unpaired) electrons. The maximum atomic E-state index is 4.65. The van der Waals surface area contributed by atoms with Gasteiger partial charge in [-0.2, -0.15) is 0 Å². The summed E-state index contributed by atoms with van der Waals surface area (Å²) < 4.78 is 0. The minimum absolute atomic E-state index is 0.770. The number of thiazole rings is 1. The summed E-state index contributed by atoms with van der Waals surface area (Å²) in [5.74, 6) is 0. The van der Waals surface area contributed by atoms with Gasteiger partial charge in [-0.3, -0.25) is 4.98 Å². The van der Waals surface area contributed by atoms with E-state index in [-0.39, 0.29) is 0 Å². The van der Waals surface area contributed by atoms with Crippen LogP contribution in [0.5, 0.6) is 0 Å². The van der Waals surface area contributed by atoms with Gasteiger partial charge in [0.25, 0.3) is 0 Å². The molecule has 1 N–H and O–H groups in total. The molecule has 2 heterocycles. The lowest BCUT2D eigenvalue weighted by molar-refractivity contribution is 0.678. The fourth-order valence-electron chi connectivity index (χ4n) is 2.10. The quantitative estimate of drug-likeness (QED) is 0.778. The minimum Gasteiger partial charge on any atom is -0.305 e. The molecular weight excluding hydrogens is 266 g/mol. The van der Waals surface area contributed by atoms with Gasteiger partial charge in [-0.25, -0.2) is 4.98 Å². The third-order valence-corrected chi connectivity index (χ3v) is 4.33. The number of pyridine rings is 1. The summed E-state index contributed by atoms with van der Waals surface area (Å²) >= 11 is 1.78. The largest absolute Gasteiger partial charge is 0.305 e. The SMILES string of the molecule is CCc1cnc(CNCc2ccc3ccccc3n2)s1. The molecule has 0 aliphatic heterocycles. The molecule has 1 aromatic carbocycles. The van der Waals surface area contributed by atoms with E-state index in [4.69, 9.17) is 0 Å². The molecule has 2 aromatic heterocycles. The fourth-order valence-corrected chi connectivity index (χ4v) is 2.93. The van der Waals surface area contributed by atoms with Crippen LogP contribution in [0, 0.1) is 0 Å². The van der Waals surface area contributed by atoms with Crippen LogP contribution in [0.2, 0.25) is 0 Å². The Bertz CT molecular complexity index is 706. The standard InChI is InChI=1S/C16H17N3S/c1-2-14-10-18-16(20-14)11-17-9-13-8-7-12-5-3-4-6-15(12)19-13/h3-8,10,17H,2,9,11H2,1H3. The topological polar surface area (TPSA) is 37.8 Å². The Labute approximate surface area is 122 Å². The maximum absolute atomic E-state index is 4.65. The molecule has 102 valence electrons. The lowest BCUT2D eigenvalue weighted by Crippen LogP contribution is -2.13. The van der Waals surface area contributed by atoms with E-state index >= 15 is 0 Å². The number of rotatable bonds is 5. The molecule has 0 aliphatic carbocycles. The van der Waals surface area contributed by atoms with Crippen LogP contribution < -0.4 is 5.32 Å². The molecule has 3 nitrogen and oxygen atoms in total. The van der Waals surface area contributed by atoms with Crippen LogP contribution in [0.4, 0.5) is 0 Å². The number of aromatic nitrogens is 2. The summed E-state index contributed by atoms with van der Waals surface area (Å²) in [5.41, 5.74) is 2.12. The van der Waals surface area contributed by atoms with Crippen molar-refractivity contribution in [3.05, 3.63) is 58.2 Å². The van der Waals surface area contributed by atoms with Crippen molar-refractivity contribution in [2.24, 2.45) is 0 Å². The third kappa shape index (κ3) is 3.03. The van der Waals surface area contributed by atoms with Crippen molar-refractivity contribution in [3.63, 3.8) is 0 Å². The second kappa shape index (κ2) is 6.11. The van der Waals surface area contributed by atoms with Crippen LogP contribution in [0.25, 0.3) is 10.9 Å². The van der Waals surface area contributed by atoms with Gasteiger partial charge in [-0.15, -0.1) is 11.3 Å². The van der Waals surface area contributed by atoms with Crippen LogP contribution in [-0.2, 0) is 19.5 Å². The second-order valence-corrected chi connectivity index (χ2v) is 5.87. The Morgan fingerprint density at radius 3 is 2.85 bits per heavy atom. The molecule has 0 bridgehead atoms. The summed E-state index contributed by atoms with van der Waals surface area (Å²) in [6, 6.07) is 12.4. The summed E-state index contributed by atoms with van der Waals surface area (Å²) in [6.45, 7) is 3.73. The molecule has 0 saturated carbocycles. The zero-order valence-corrected chi connectivity index (χ0v) is 12.3. The van der Waals surface area contributed by atoms with Gasteiger partial charge < -0.3 is 5.32 Å². The number of hydrogen-bond acceptors (Lipinski definition) is 4. The summed E-state index contributed by atoms with van der Waals surface area (Å²) in [7, 11) is 0. The Kier molecular flexibility index (Phi) is 4.04. The number of nitrogens with one attached hydrogen (secondary N) is 1. The third-order valence-electron chi connectivity index (χ3n) is 3.19. The van der Waals surface area contributed by atoms with Crippen molar-refractivity contribution >= 4 is 22.2 Å². The van der Waals surface area contributed by atoms with Crippen LogP contribution in [0.1, 0.15) is 22.5 Å². The van der Waals surface area contributed by atoms with Crippen molar-refractivity contribution in [3.8, 4) is 0 Å². The molecule has 0 amide bonds. The highest BCUT2D eigenvalue weighted by molar-refractivity contribution is 7.11. The summed E-state index contributed by atoms with van der Waals surface area (Å²) in [6.07, 6.45) is 3.03. The predicted molar refractivity (Wildman–Crippen MR) is 83.8 cm³/mol. The summed E-state index contributed by atoms with van der Waals surface area (Å²) in [5, 5.41) is 5.73. The van der Waals surface area contributed by atoms with Gasteiger partial charge >= 0.3 is 0 Å². The molecule has 0 atom stereocenters. The van der Waals surface area contributed by atoms with Crippen LogP contribution in [0.3, 0.4) is 0 Å². The van der Waals surface area contributed by atoms with Crippen molar-refractivity contribution < 1.29 is 0 Å². The van der Waals surface area contributed by atoms with E-state index in [1.54, 1.807) is 11.3 Å². The number of para-hydroxylation sites is 1. The normalized spacial score (nSPS) is 11.1. The lowest BCUT2D eigenvalue weighted by Gasteiger charge is -2.04. The van der Waals surface area contributed by atoms with E-state index < -0.39 is 0 Å². The second-order valence-electron chi connectivity index (χ2n) is 4.67. The highest BCUT2D eigenvalue weighted by Gasteiger charge is 2.01. The molecule has 0 fully saturated rings. The van der Waals surface area contributed by atoms with Gasteiger partial charge in [-0.1, -0.05) is 31.2 Å². The number of nitrogens with zero attached hydrogens (tertiary/aromatic N) is 2. The number of aryl methyl sites for hydroxylation is 1. The molecule has 0 aliphatic rings. The molecule has 20 heavy (non-hydrogen) atoms. The van der Waals surface area contributed by atoms with Crippen molar-refractivity contribution in [2.45, 2.75) is 26.4 Å². The zero-order valence-electron chi connectivity index (χ0n) is 11.5. The van der Waals surface area contributed by atoms with Crippen LogP contribution >= 0.6 is 11.3 Å². The first-order valence-electron chi connectivity index (χ1n) is 6.84. The van der Waals surface area contributed by atoms with Gasteiger partial charge in [0.15, 0.2) is 0 Å². The van der Waals surface area contributed by atoms with Crippen molar-refractivity contribution in [1.82, 2.24) is 15.3 Å². The number of benzene rings is 1. The Hall–Kier alpha value is -1.78. The van der Waals surface area contributed by atoms with Gasteiger partial charge in [0.2, 0.25) is 0 Å². The zero-order chi connectivity index (χ0) is 13.8. The Morgan fingerprint density at radius 2 is 2.00 bits per heavy atom. The lowest BCUT2D eigenvalue weighted by atomic mass is 10.2. The first-order chi connectivity index (χ1) is 9.85. The van der Waals surface area contributed by atoms with E-state index in [1.165, 1.54) is 10.3 Å². The molecule has 3 rings (SSSR count). The van der Waals surface area contributed by atoms with E-state index in [0.717, 1.165) is 35.7 Å². The monoisotopic (exact) mass is 283 g/mol. The van der Waals surface area contributed by atoms with E-state index in [1.807, 2.05) is 24.4 Å². The van der Waals surface area contributed by atoms with Crippen molar-refractivity contribution in [1.29, 1.82) is 0 Å². The smallest absolute Gasteiger partial charge is 0.107 e. The molecule has 0 unspecified atom stereocenters. The highest BCUT2D eigenvalue weighted by atomic mass is 32.1. The van der Waals surface area contributed by atoms with Crippen LogP contribution in [0.15, 0.2) is 42.6 Å². The minimum atomic E-state index is 0.770. The molecule has 0 spiro atoms. The molecule has 3 aromatic rings. The highest BCUT2D eigenvalue weighted by Crippen LogP contribution is 2.14. The van der Waals surface area contributed by atoms with Gasteiger partial charge in [0.1, 0.15) is 5.01 Å². The summed E-state index contributed by atoms with van der Waals surface area (Å²) in [4.78, 5) is 10.4. The number of fused-ring (bicyclic) bond motifs is 1. The Morgan fingerprint density at radius 1 is 1.10 bits per heavy atom. The van der Waals surface area contributed by atoms with E-state index in [2.05, 4.69) is 40.4 Å². The van der Waals surface area contributed by atoms with Crippen LogP contribution in [-0.4, -0.2) is 9.97 Å².